The molecule has 0 fully saturated rings. The maximum absolute atomic E-state index is 2.48. The highest BCUT2D eigenvalue weighted by atomic mass is 15.0. The van der Waals surface area contributed by atoms with Crippen molar-refractivity contribution in [1.29, 1.82) is 0 Å². The van der Waals surface area contributed by atoms with E-state index in [2.05, 4.69) is 72.2 Å². The highest BCUT2D eigenvalue weighted by molar-refractivity contribution is 6.14. The van der Waals surface area contributed by atoms with Crippen molar-refractivity contribution in [2.24, 2.45) is 0 Å². The molecule has 1 heteroatoms. The molecule has 1 aliphatic rings. The summed E-state index contributed by atoms with van der Waals surface area (Å²) in [4.78, 5) is 0. The molecule has 0 unspecified atom stereocenters. The predicted octanol–water partition coefficient (Wildman–Crippen LogP) is 5.39. The first-order valence-electron chi connectivity index (χ1n) is 7.99. The topological polar surface area (TPSA) is 4.93 Å². The third kappa shape index (κ3) is 1.38. The molecule has 106 valence electrons. The van der Waals surface area contributed by atoms with E-state index in [0.29, 0.717) is 0 Å². The van der Waals surface area contributed by atoms with Crippen LogP contribution in [0, 0.1) is 0 Å². The molecule has 0 N–H and O–H groups in total. The van der Waals surface area contributed by atoms with E-state index in [9.17, 15) is 0 Å². The fraction of sp³-hybridized carbons (Fsp3) is 0.143. The van der Waals surface area contributed by atoms with Crippen molar-refractivity contribution < 1.29 is 0 Å². The van der Waals surface area contributed by atoms with Crippen LogP contribution in [0.25, 0.3) is 32.9 Å². The molecule has 0 aliphatic heterocycles. The number of rotatable bonds is 1. The quantitative estimate of drug-likeness (QED) is 0.389. The van der Waals surface area contributed by atoms with E-state index < -0.39 is 0 Å². The molecule has 3 aromatic carbocycles. The Labute approximate surface area is 129 Å². The largest absolute Gasteiger partial charge is 0.340 e. The van der Waals surface area contributed by atoms with Crippen LogP contribution >= 0.6 is 0 Å². The smallest absolute Gasteiger partial charge is 0.0573 e. The molecule has 1 nitrogen and oxygen atoms in total. The van der Waals surface area contributed by atoms with Gasteiger partial charge in [0.1, 0.15) is 0 Å². The minimum atomic E-state index is 1.00. The molecule has 0 spiro atoms. The van der Waals surface area contributed by atoms with Gasteiger partial charge >= 0.3 is 0 Å². The van der Waals surface area contributed by atoms with Crippen LogP contribution in [0.2, 0.25) is 0 Å². The summed E-state index contributed by atoms with van der Waals surface area (Å²) in [5.41, 5.74) is 8.54. The molecule has 0 saturated heterocycles. The van der Waals surface area contributed by atoms with Crippen LogP contribution in [0.4, 0.5) is 0 Å². The molecule has 1 heterocycles. The summed E-state index contributed by atoms with van der Waals surface area (Å²) in [7, 11) is 0. The molecule has 4 aromatic rings. The Morgan fingerprint density at radius 2 is 1.64 bits per heavy atom. The van der Waals surface area contributed by atoms with Crippen molar-refractivity contribution in [3.05, 3.63) is 71.8 Å². The zero-order valence-electron chi connectivity index (χ0n) is 12.6. The van der Waals surface area contributed by atoms with Crippen LogP contribution in [-0.4, -0.2) is 4.57 Å². The molecule has 0 atom stereocenters. The third-order valence-electron chi connectivity index (χ3n) is 5.00. The molecule has 0 amide bonds. The average molecular weight is 283 g/mol. The van der Waals surface area contributed by atoms with E-state index >= 15 is 0 Å². The van der Waals surface area contributed by atoms with E-state index in [1.807, 2.05) is 0 Å². The van der Waals surface area contributed by atoms with Gasteiger partial charge in [0.15, 0.2) is 0 Å². The van der Waals surface area contributed by atoms with E-state index in [-0.39, 0.29) is 0 Å². The van der Waals surface area contributed by atoms with Crippen LogP contribution in [0.3, 0.4) is 0 Å². The van der Waals surface area contributed by atoms with Gasteiger partial charge in [0.25, 0.3) is 0 Å². The van der Waals surface area contributed by atoms with Gasteiger partial charge in [-0.1, -0.05) is 54.6 Å². The van der Waals surface area contributed by atoms with Crippen LogP contribution < -0.4 is 0 Å². The molecule has 22 heavy (non-hydrogen) atoms. The lowest BCUT2D eigenvalue weighted by Gasteiger charge is -2.09. The Bertz CT molecular complexity index is 1040. The summed E-state index contributed by atoms with van der Waals surface area (Å²) in [6.45, 7) is 3.24. The number of para-hydroxylation sites is 1. The van der Waals surface area contributed by atoms with Gasteiger partial charge in [-0.2, -0.15) is 0 Å². The summed E-state index contributed by atoms with van der Waals surface area (Å²) in [5, 5.41) is 2.75. The first-order valence-corrected chi connectivity index (χ1v) is 7.99. The molecule has 5 rings (SSSR count). The first kappa shape index (κ1) is 12.0. The second-order valence-electron chi connectivity index (χ2n) is 6.09. The van der Waals surface area contributed by atoms with Gasteiger partial charge in [0, 0.05) is 28.4 Å². The van der Waals surface area contributed by atoms with E-state index in [0.717, 1.165) is 13.0 Å². The lowest BCUT2D eigenvalue weighted by Crippen LogP contribution is -1.95. The van der Waals surface area contributed by atoms with Crippen molar-refractivity contribution in [3.8, 4) is 11.1 Å². The monoisotopic (exact) mass is 283 g/mol. The fourth-order valence-corrected chi connectivity index (χ4v) is 4.09. The highest BCUT2D eigenvalue weighted by Crippen LogP contribution is 2.43. The van der Waals surface area contributed by atoms with Gasteiger partial charge in [-0.3, -0.25) is 0 Å². The Morgan fingerprint density at radius 1 is 0.818 bits per heavy atom. The number of hydrogen-bond acceptors (Lipinski definition) is 0. The van der Waals surface area contributed by atoms with Gasteiger partial charge in [0.2, 0.25) is 0 Å². The maximum atomic E-state index is 2.48. The summed E-state index contributed by atoms with van der Waals surface area (Å²) in [5.74, 6) is 0. The minimum Gasteiger partial charge on any atom is -0.340 e. The Balaban J connectivity index is 2.03. The molecule has 0 saturated carbocycles. The summed E-state index contributed by atoms with van der Waals surface area (Å²) < 4.78 is 2.48. The Kier molecular flexibility index (Phi) is 2.32. The minimum absolute atomic E-state index is 1.00. The van der Waals surface area contributed by atoms with E-state index in [4.69, 9.17) is 0 Å². The lowest BCUT2D eigenvalue weighted by atomic mass is 10.0. The number of hydrogen-bond donors (Lipinski definition) is 0. The summed E-state index contributed by atoms with van der Waals surface area (Å²) >= 11 is 0. The van der Waals surface area contributed by atoms with Gasteiger partial charge in [0.05, 0.1) is 5.52 Å². The first-order chi connectivity index (χ1) is 10.9. The van der Waals surface area contributed by atoms with Crippen LogP contribution in [0.15, 0.2) is 60.7 Å². The SMILES string of the molecule is CCn1c2ccccc2c2ccc3c(c21)-c1ccccc1C3. The van der Waals surface area contributed by atoms with Crippen molar-refractivity contribution in [2.45, 2.75) is 19.9 Å². The molecule has 1 aliphatic carbocycles. The van der Waals surface area contributed by atoms with Crippen molar-refractivity contribution in [1.82, 2.24) is 4.57 Å². The average Bonchev–Trinajstić information content (AvgIpc) is 3.09. The van der Waals surface area contributed by atoms with E-state index in [1.54, 1.807) is 0 Å². The number of nitrogens with zero attached hydrogens (tertiary/aromatic N) is 1. The Hall–Kier alpha value is -2.54. The van der Waals surface area contributed by atoms with Crippen LogP contribution in [-0.2, 0) is 13.0 Å². The third-order valence-corrected chi connectivity index (χ3v) is 5.00. The highest BCUT2D eigenvalue weighted by Gasteiger charge is 2.23. The van der Waals surface area contributed by atoms with Crippen molar-refractivity contribution in [3.63, 3.8) is 0 Å². The van der Waals surface area contributed by atoms with Crippen molar-refractivity contribution >= 4 is 21.8 Å². The molecule has 0 bridgehead atoms. The summed E-state index contributed by atoms with van der Waals surface area (Å²) in [6, 6.07) is 22.3. The van der Waals surface area contributed by atoms with Crippen LogP contribution in [0.5, 0.6) is 0 Å². The fourth-order valence-electron chi connectivity index (χ4n) is 4.09. The summed E-state index contributed by atoms with van der Waals surface area (Å²) in [6.07, 6.45) is 1.06. The zero-order chi connectivity index (χ0) is 14.7. The molecule has 1 aromatic heterocycles. The number of fused-ring (bicyclic) bond motifs is 7. The maximum Gasteiger partial charge on any atom is 0.0573 e. The molecular weight excluding hydrogens is 266 g/mol. The normalized spacial score (nSPS) is 12.8. The lowest BCUT2D eigenvalue weighted by molar-refractivity contribution is 0.827. The van der Waals surface area contributed by atoms with Gasteiger partial charge < -0.3 is 4.57 Å². The predicted molar refractivity (Wildman–Crippen MR) is 93.4 cm³/mol. The van der Waals surface area contributed by atoms with Crippen LogP contribution in [0.1, 0.15) is 18.1 Å². The number of aromatic nitrogens is 1. The van der Waals surface area contributed by atoms with Gasteiger partial charge in [-0.25, -0.2) is 0 Å². The molecular formula is C21H17N. The van der Waals surface area contributed by atoms with Crippen molar-refractivity contribution in [2.75, 3.05) is 0 Å². The Morgan fingerprint density at radius 3 is 2.55 bits per heavy atom. The second-order valence-corrected chi connectivity index (χ2v) is 6.09. The second kappa shape index (κ2) is 4.23. The van der Waals surface area contributed by atoms with Gasteiger partial charge in [-0.05, 0) is 36.1 Å². The molecule has 0 radical (unpaired) electrons. The zero-order valence-corrected chi connectivity index (χ0v) is 12.6. The van der Waals surface area contributed by atoms with E-state index in [1.165, 1.54) is 44.1 Å². The number of aryl methyl sites for hydroxylation is 1. The van der Waals surface area contributed by atoms with Gasteiger partial charge in [-0.15, -0.1) is 0 Å². The standard InChI is InChI=1S/C21H17N/c1-2-22-19-10-6-5-9-17(19)18-12-11-15-13-14-7-3-4-8-16(14)20(15)21(18)22/h3-12H,2,13H2,1H3. The number of benzene rings is 3.